The molecule has 0 saturated heterocycles. The van der Waals surface area contributed by atoms with E-state index in [1.54, 1.807) is 6.20 Å². The van der Waals surface area contributed by atoms with Gasteiger partial charge in [-0.15, -0.1) is 0 Å². The molecule has 1 aromatic carbocycles. The van der Waals surface area contributed by atoms with Crippen LogP contribution in [0.15, 0.2) is 47.7 Å². The zero-order valence-electron chi connectivity index (χ0n) is 12.7. The quantitative estimate of drug-likeness (QED) is 0.840. The second-order valence-electron chi connectivity index (χ2n) is 5.87. The molecule has 3 rings (SSSR count). The molecule has 0 aromatic heterocycles. The van der Waals surface area contributed by atoms with E-state index in [0.29, 0.717) is 6.54 Å². The first-order valence-electron chi connectivity index (χ1n) is 7.70. The molecule has 0 fully saturated rings. The summed E-state index contributed by atoms with van der Waals surface area (Å²) < 4.78 is 0. The lowest BCUT2D eigenvalue weighted by Gasteiger charge is -2.28. The number of fused-ring (bicyclic) bond motifs is 1. The Hall–Kier alpha value is -2.36. The number of Topliss-reactive ketones (excluding diaryl/α,β-unsaturated/α-hetero) is 1. The van der Waals surface area contributed by atoms with E-state index in [9.17, 15) is 9.59 Å². The van der Waals surface area contributed by atoms with Crippen LogP contribution >= 0.6 is 0 Å². The van der Waals surface area contributed by atoms with Crippen molar-refractivity contribution in [3.63, 3.8) is 0 Å². The molecule has 1 aliphatic heterocycles. The Labute approximate surface area is 130 Å². The summed E-state index contributed by atoms with van der Waals surface area (Å²) in [4.78, 5) is 24.7. The van der Waals surface area contributed by atoms with Crippen molar-refractivity contribution < 1.29 is 9.59 Å². The molecule has 0 bridgehead atoms. The molecule has 0 spiro atoms. The van der Waals surface area contributed by atoms with Crippen LogP contribution < -0.4 is 10.6 Å². The molecule has 2 N–H and O–H groups in total. The molecule has 4 heteroatoms. The van der Waals surface area contributed by atoms with Crippen molar-refractivity contribution in [2.24, 2.45) is 0 Å². The number of carbonyl (C=O) groups is 2. The molecule has 114 valence electrons. The molecule has 1 heterocycles. The van der Waals surface area contributed by atoms with Crippen molar-refractivity contribution in [2.45, 2.75) is 38.8 Å². The van der Waals surface area contributed by atoms with Gasteiger partial charge in [-0.2, -0.15) is 0 Å². The molecule has 1 aliphatic carbocycles. The van der Waals surface area contributed by atoms with Crippen LogP contribution in [0.1, 0.15) is 30.4 Å². The van der Waals surface area contributed by atoms with Gasteiger partial charge in [0, 0.05) is 18.3 Å². The molecule has 0 radical (unpaired) electrons. The SMILES string of the molecule is Cc1cccc(CNC(=O)C2=CNC3CCCC=C3C2=O)c1. The third-order valence-electron chi connectivity index (χ3n) is 4.15. The fourth-order valence-electron chi connectivity index (χ4n) is 2.97. The summed E-state index contributed by atoms with van der Waals surface area (Å²) in [5.74, 6) is -0.450. The van der Waals surface area contributed by atoms with E-state index in [1.807, 2.05) is 37.3 Å². The van der Waals surface area contributed by atoms with Gasteiger partial charge in [-0.1, -0.05) is 35.9 Å². The number of hydrogen-bond acceptors (Lipinski definition) is 3. The Balaban J connectivity index is 1.67. The topological polar surface area (TPSA) is 58.2 Å². The Morgan fingerprint density at radius 1 is 1.41 bits per heavy atom. The monoisotopic (exact) mass is 296 g/mol. The Morgan fingerprint density at radius 3 is 3.09 bits per heavy atom. The molecule has 1 amide bonds. The number of amides is 1. The number of ketones is 1. The minimum Gasteiger partial charge on any atom is -0.383 e. The normalized spacial score (nSPS) is 20.4. The summed E-state index contributed by atoms with van der Waals surface area (Å²) in [5, 5.41) is 6.00. The van der Waals surface area contributed by atoms with E-state index in [2.05, 4.69) is 10.6 Å². The highest BCUT2D eigenvalue weighted by molar-refractivity contribution is 6.26. The molecule has 1 unspecified atom stereocenters. The highest BCUT2D eigenvalue weighted by Gasteiger charge is 2.31. The molecule has 1 aromatic rings. The Kier molecular flexibility index (Phi) is 4.09. The third kappa shape index (κ3) is 2.96. The fraction of sp³-hybridized carbons (Fsp3) is 0.333. The molecule has 1 atom stereocenters. The molecule has 2 aliphatic rings. The second-order valence-corrected chi connectivity index (χ2v) is 5.87. The maximum atomic E-state index is 12.4. The average molecular weight is 296 g/mol. The van der Waals surface area contributed by atoms with Gasteiger partial charge in [0.1, 0.15) is 5.57 Å². The first kappa shape index (κ1) is 14.6. The van der Waals surface area contributed by atoms with E-state index < -0.39 is 0 Å². The van der Waals surface area contributed by atoms with Crippen molar-refractivity contribution in [3.05, 3.63) is 58.8 Å². The number of benzene rings is 1. The third-order valence-corrected chi connectivity index (χ3v) is 4.15. The van der Waals surface area contributed by atoms with Crippen LogP contribution in [0.4, 0.5) is 0 Å². The summed E-state index contributed by atoms with van der Waals surface area (Å²) in [5.41, 5.74) is 3.13. The molecular formula is C18H20N2O2. The van der Waals surface area contributed by atoms with E-state index in [1.165, 1.54) is 0 Å². The minimum absolute atomic E-state index is 0.0783. The van der Waals surface area contributed by atoms with Crippen molar-refractivity contribution in [1.29, 1.82) is 0 Å². The summed E-state index contributed by atoms with van der Waals surface area (Å²) in [6.45, 7) is 2.44. The van der Waals surface area contributed by atoms with Gasteiger partial charge in [0.25, 0.3) is 5.91 Å². The zero-order chi connectivity index (χ0) is 15.5. The fourth-order valence-corrected chi connectivity index (χ4v) is 2.97. The summed E-state index contributed by atoms with van der Waals surface area (Å²) in [6, 6.07) is 8.03. The minimum atomic E-state index is -0.316. The predicted octanol–water partition coefficient (Wildman–Crippen LogP) is 2.15. The van der Waals surface area contributed by atoms with Crippen molar-refractivity contribution in [2.75, 3.05) is 0 Å². The second kappa shape index (κ2) is 6.18. The lowest BCUT2D eigenvalue weighted by atomic mass is 9.86. The van der Waals surface area contributed by atoms with Gasteiger partial charge in [0.05, 0.1) is 6.04 Å². The first-order valence-corrected chi connectivity index (χ1v) is 7.70. The van der Waals surface area contributed by atoms with Crippen LogP contribution in [-0.2, 0) is 16.1 Å². The molecule has 22 heavy (non-hydrogen) atoms. The highest BCUT2D eigenvalue weighted by Crippen LogP contribution is 2.24. The van der Waals surface area contributed by atoms with Gasteiger partial charge in [0.15, 0.2) is 5.78 Å². The van der Waals surface area contributed by atoms with Crippen LogP contribution in [0.25, 0.3) is 0 Å². The van der Waals surface area contributed by atoms with Crippen LogP contribution in [-0.4, -0.2) is 17.7 Å². The first-order chi connectivity index (χ1) is 10.6. The Morgan fingerprint density at radius 2 is 2.27 bits per heavy atom. The van der Waals surface area contributed by atoms with E-state index in [0.717, 1.165) is 36.0 Å². The van der Waals surface area contributed by atoms with Crippen LogP contribution in [0.5, 0.6) is 0 Å². The van der Waals surface area contributed by atoms with Crippen molar-refractivity contribution in [3.8, 4) is 0 Å². The van der Waals surface area contributed by atoms with Gasteiger partial charge in [-0.3, -0.25) is 9.59 Å². The lowest BCUT2D eigenvalue weighted by molar-refractivity contribution is -0.121. The number of rotatable bonds is 3. The molecular weight excluding hydrogens is 276 g/mol. The van der Waals surface area contributed by atoms with Crippen molar-refractivity contribution >= 4 is 11.7 Å². The zero-order valence-corrected chi connectivity index (χ0v) is 12.7. The maximum absolute atomic E-state index is 12.4. The van der Waals surface area contributed by atoms with Crippen molar-refractivity contribution in [1.82, 2.24) is 10.6 Å². The largest absolute Gasteiger partial charge is 0.383 e. The van der Waals surface area contributed by atoms with E-state index in [-0.39, 0.29) is 23.3 Å². The average Bonchev–Trinajstić information content (AvgIpc) is 2.53. The van der Waals surface area contributed by atoms with Crippen LogP contribution in [0.2, 0.25) is 0 Å². The molecule has 4 nitrogen and oxygen atoms in total. The number of aryl methyl sites for hydroxylation is 1. The number of hydrogen-bond donors (Lipinski definition) is 2. The summed E-state index contributed by atoms with van der Waals surface area (Å²) in [7, 11) is 0. The van der Waals surface area contributed by atoms with Gasteiger partial charge >= 0.3 is 0 Å². The molecule has 0 saturated carbocycles. The van der Waals surface area contributed by atoms with Gasteiger partial charge in [-0.25, -0.2) is 0 Å². The predicted molar refractivity (Wildman–Crippen MR) is 85.0 cm³/mol. The smallest absolute Gasteiger partial charge is 0.257 e. The van der Waals surface area contributed by atoms with Crippen LogP contribution in [0, 0.1) is 6.92 Å². The van der Waals surface area contributed by atoms with E-state index >= 15 is 0 Å². The van der Waals surface area contributed by atoms with Gasteiger partial charge in [-0.05, 0) is 31.7 Å². The summed E-state index contributed by atoms with van der Waals surface area (Å²) in [6.07, 6.45) is 6.48. The van der Waals surface area contributed by atoms with E-state index in [4.69, 9.17) is 0 Å². The van der Waals surface area contributed by atoms with Gasteiger partial charge in [0.2, 0.25) is 0 Å². The summed E-state index contributed by atoms with van der Waals surface area (Å²) >= 11 is 0. The number of carbonyl (C=O) groups excluding carboxylic acids is 2. The highest BCUT2D eigenvalue weighted by atomic mass is 16.2. The maximum Gasteiger partial charge on any atom is 0.257 e. The van der Waals surface area contributed by atoms with Gasteiger partial charge < -0.3 is 10.6 Å². The lowest BCUT2D eigenvalue weighted by Crippen LogP contribution is -2.41. The van der Waals surface area contributed by atoms with Crippen LogP contribution in [0.3, 0.4) is 0 Å². The number of nitrogens with one attached hydrogen (secondary N) is 2. The Bertz CT molecular complexity index is 673. The standard InChI is InChI=1S/C18H20N2O2/c1-12-5-4-6-13(9-12)10-20-18(22)15-11-19-16-8-3-2-7-14(16)17(15)21/h4-7,9,11,16,19H,2-3,8,10H2,1H3,(H,20,22). The number of allylic oxidation sites excluding steroid dienone is 1.